The Bertz CT molecular complexity index is 416. The molecule has 148 valence electrons. The SMILES string of the molecule is C=CCCC[C@@H](C)C(C)(C)N.CC.CCC(=O)N[C@@]1(C)C(=O)O[C@@H]1C. The summed E-state index contributed by atoms with van der Waals surface area (Å²) >= 11 is 0. The highest BCUT2D eigenvalue weighted by atomic mass is 16.6. The lowest BCUT2D eigenvalue weighted by Crippen LogP contribution is -2.68. The lowest BCUT2D eigenvalue weighted by molar-refractivity contribution is -0.190. The van der Waals surface area contributed by atoms with Crippen LogP contribution in [0, 0.1) is 5.92 Å². The number of allylic oxidation sites excluding steroid dienone is 1. The zero-order chi connectivity index (χ0) is 20.3. The molecule has 1 saturated heterocycles. The number of unbranched alkanes of at least 4 members (excludes halogenated alkanes) is 1. The van der Waals surface area contributed by atoms with Gasteiger partial charge in [0.15, 0.2) is 5.54 Å². The van der Waals surface area contributed by atoms with Crippen LogP contribution in [0.15, 0.2) is 12.7 Å². The summed E-state index contributed by atoms with van der Waals surface area (Å²) in [5.74, 6) is 0.125. The third-order valence-corrected chi connectivity index (χ3v) is 4.56. The molecule has 0 radical (unpaired) electrons. The Labute approximate surface area is 154 Å². The topological polar surface area (TPSA) is 81.4 Å². The average molecular weight is 357 g/mol. The monoisotopic (exact) mass is 356 g/mol. The molecule has 0 aromatic heterocycles. The van der Waals surface area contributed by atoms with E-state index >= 15 is 0 Å². The van der Waals surface area contributed by atoms with Gasteiger partial charge < -0.3 is 15.8 Å². The Kier molecular flexibility index (Phi) is 12.5. The number of nitrogens with one attached hydrogen (secondary N) is 1. The molecule has 3 N–H and O–H groups in total. The van der Waals surface area contributed by atoms with Gasteiger partial charge in [-0.3, -0.25) is 4.79 Å². The molecule has 5 heteroatoms. The average Bonchev–Trinajstić information content (AvgIpc) is 2.56. The van der Waals surface area contributed by atoms with Gasteiger partial charge in [0.05, 0.1) is 0 Å². The Hall–Kier alpha value is -1.36. The van der Waals surface area contributed by atoms with Crippen LogP contribution in [0.3, 0.4) is 0 Å². The van der Waals surface area contributed by atoms with Crippen molar-refractivity contribution in [2.45, 2.75) is 98.3 Å². The second-order valence-corrected chi connectivity index (χ2v) is 7.09. The summed E-state index contributed by atoms with van der Waals surface area (Å²) in [6.45, 7) is 19.3. The van der Waals surface area contributed by atoms with E-state index in [9.17, 15) is 9.59 Å². The van der Waals surface area contributed by atoms with Crippen LogP contribution < -0.4 is 11.1 Å². The second kappa shape index (κ2) is 12.1. The third kappa shape index (κ3) is 9.05. The summed E-state index contributed by atoms with van der Waals surface area (Å²) in [7, 11) is 0. The molecule has 0 spiro atoms. The van der Waals surface area contributed by atoms with Gasteiger partial charge in [-0.05, 0) is 52.9 Å². The largest absolute Gasteiger partial charge is 0.458 e. The predicted molar refractivity (Wildman–Crippen MR) is 105 cm³/mol. The van der Waals surface area contributed by atoms with Crippen LogP contribution >= 0.6 is 0 Å². The van der Waals surface area contributed by atoms with Crippen molar-refractivity contribution in [2.24, 2.45) is 11.7 Å². The zero-order valence-electron chi connectivity index (χ0n) is 17.6. The fraction of sp³-hybridized carbons (Fsp3) is 0.800. The van der Waals surface area contributed by atoms with Crippen LogP contribution in [-0.4, -0.2) is 29.1 Å². The Morgan fingerprint density at radius 3 is 2.32 bits per heavy atom. The lowest BCUT2D eigenvalue weighted by atomic mass is 9.86. The van der Waals surface area contributed by atoms with E-state index in [2.05, 4.69) is 32.7 Å². The second-order valence-electron chi connectivity index (χ2n) is 7.09. The van der Waals surface area contributed by atoms with Crippen LogP contribution in [0.4, 0.5) is 0 Å². The molecule has 0 aliphatic carbocycles. The number of cyclic esters (lactones) is 1. The highest BCUT2D eigenvalue weighted by molar-refractivity contribution is 5.92. The van der Waals surface area contributed by atoms with Gasteiger partial charge in [-0.1, -0.05) is 33.8 Å². The highest BCUT2D eigenvalue weighted by Gasteiger charge is 2.52. The van der Waals surface area contributed by atoms with E-state index in [0.717, 1.165) is 6.42 Å². The molecule has 0 unspecified atom stereocenters. The van der Waals surface area contributed by atoms with E-state index in [1.807, 2.05) is 19.9 Å². The first-order valence-electron chi connectivity index (χ1n) is 9.40. The Balaban J connectivity index is 0. The predicted octanol–water partition coefficient (Wildman–Crippen LogP) is 3.96. The molecule has 5 nitrogen and oxygen atoms in total. The summed E-state index contributed by atoms with van der Waals surface area (Å²) in [4.78, 5) is 22.0. The van der Waals surface area contributed by atoms with Crippen molar-refractivity contribution >= 4 is 11.9 Å². The summed E-state index contributed by atoms with van der Waals surface area (Å²) in [6, 6.07) is 0. The van der Waals surface area contributed by atoms with Crippen LogP contribution in [-0.2, 0) is 14.3 Å². The van der Waals surface area contributed by atoms with Crippen molar-refractivity contribution in [1.29, 1.82) is 0 Å². The molecular weight excluding hydrogens is 316 g/mol. The maximum absolute atomic E-state index is 11.0. The molecular formula is C20H40N2O3. The van der Waals surface area contributed by atoms with Crippen molar-refractivity contribution in [1.82, 2.24) is 5.32 Å². The first kappa shape index (κ1) is 25.9. The highest BCUT2D eigenvalue weighted by Crippen LogP contribution is 2.26. The molecule has 3 atom stereocenters. The van der Waals surface area contributed by atoms with Gasteiger partial charge in [0.25, 0.3) is 0 Å². The van der Waals surface area contributed by atoms with Crippen molar-refractivity contribution in [2.75, 3.05) is 0 Å². The third-order valence-electron chi connectivity index (χ3n) is 4.56. The van der Waals surface area contributed by atoms with Crippen LogP contribution in [0.25, 0.3) is 0 Å². The van der Waals surface area contributed by atoms with Crippen LogP contribution in [0.2, 0.25) is 0 Å². The van der Waals surface area contributed by atoms with E-state index in [1.54, 1.807) is 20.8 Å². The Morgan fingerprint density at radius 2 is 2.00 bits per heavy atom. The minimum atomic E-state index is -0.799. The van der Waals surface area contributed by atoms with Crippen molar-refractivity contribution in [3.8, 4) is 0 Å². The van der Waals surface area contributed by atoms with E-state index < -0.39 is 5.54 Å². The van der Waals surface area contributed by atoms with Gasteiger partial charge in [-0.2, -0.15) is 0 Å². The van der Waals surface area contributed by atoms with E-state index in [0.29, 0.717) is 12.3 Å². The van der Waals surface area contributed by atoms with Crippen LogP contribution in [0.5, 0.6) is 0 Å². The molecule has 1 amide bonds. The summed E-state index contributed by atoms with van der Waals surface area (Å²) in [5, 5.41) is 2.63. The maximum Gasteiger partial charge on any atom is 0.335 e. The molecule has 0 saturated carbocycles. The number of nitrogens with two attached hydrogens (primary N) is 1. The summed E-state index contributed by atoms with van der Waals surface area (Å²) < 4.78 is 4.75. The smallest absolute Gasteiger partial charge is 0.335 e. The van der Waals surface area contributed by atoms with Gasteiger partial charge in [-0.15, -0.1) is 6.58 Å². The molecule has 1 aliphatic rings. The summed E-state index contributed by atoms with van der Waals surface area (Å²) in [5.41, 5.74) is 5.11. The van der Waals surface area contributed by atoms with Gasteiger partial charge in [0.1, 0.15) is 6.10 Å². The number of hydrogen-bond acceptors (Lipinski definition) is 4. The number of carbonyl (C=O) groups is 2. The molecule has 0 bridgehead atoms. The van der Waals surface area contributed by atoms with Gasteiger partial charge in [-0.25, -0.2) is 4.79 Å². The minimum Gasteiger partial charge on any atom is -0.458 e. The zero-order valence-corrected chi connectivity index (χ0v) is 17.6. The first-order valence-corrected chi connectivity index (χ1v) is 9.40. The van der Waals surface area contributed by atoms with Crippen molar-refractivity contribution in [3.05, 3.63) is 12.7 Å². The lowest BCUT2D eigenvalue weighted by Gasteiger charge is -2.42. The standard InChI is InChI=1S/C10H21N.C8H13NO3.C2H6/c1-5-6-7-8-9(2)10(3,4)11;1-4-6(10)9-8(3)5(2)12-7(8)11;1-2/h5,9H,1,6-8,11H2,2-4H3;5H,4H2,1-3H3,(H,9,10);1-2H3/t9-;5-,8-;/m11./s1. The Morgan fingerprint density at radius 1 is 1.48 bits per heavy atom. The molecule has 25 heavy (non-hydrogen) atoms. The number of amides is 1. The van der Waals surface area contributed by atoms with Crippen LogP contribution in [0.1, 0.15) is 81.1 Å². The quantitative estimate of drug-likeness (QED) is 0.411. The molecule has 0 aromatic rings. The minimum absolute atomic E-state index is 0.0266. The number of ether oxygens (including phenoxy) is 1. The number of carbonyl (C=O) groups excluding carboxylic acids is 2. The molecule has 0 aromatic carbocycles. The van der Waals surface area contributed by atoms with Crippen molar-refractivity contribution < 1.29 is 14.3 Å². The molecule has 1 aliphatic heterocycles. The normalized spacial score (nSPS) is 22.8. The van der Waals surface area contributed by atoms with Gasteiger partial charge in [0, 0.05) is 12.0 Å². The number of rotatable bonds is 7. The van der Waals surface area contributed by atoms with Gasteiger partial charge >= 0.3 is 5.97 Å². The first-order chi connectivity index (χ1) is 11.5. The van der Waals surface area contributed by atoms with Crippen molar-refractivity contribution in [3.63, 3.8) is 0 Å². The number of hydrogen-bond donors (Lipinski definition) is 2. The van der Waals surface area contributed by atoms with Gasteiger partial charge in [0.2, 0.25) is 5.91 Å². The van der Waals surface area contributed by atoms with E-state index in [-0.39, 0.29) is 23.5 Å². The van der Waals surface area contributed by atoms with E-state index in [4.69, 9.17) is 10.5 Å². The fourth-order valence-electron chi connectivity index (χ4n) is 1.98. The molecule has 1 fully saturated rings. The fourth-order valence-corrected chi connectivity index (χ4v) is 1.98. The number of esters is 1. The molecule has 1 heterocycles. The maximum atomic E-state index is 11.0. The van der Waals surface area contributed by atoms with E-state index in [1.165, 1.54) is 12.8 Å². The summed E-state index contributed by atoms with van der Waals surface area (Å²) in [6.07, 6.45) is 5.66. The molecule has 1 rings (SSSR count).